The van der Waals surface area contributed by atoms with Crippen LogP contribution < -0.4 is 24.6 Å². The first-order chi connectivity index (χ1) is 20.2. The number of halogens is 3. The van der Waals surface area contributed by atoms with Gasteiger partial charge in [-0.05, 0) is 40.4 Å². The molecule has 0 N–H and O–H groups in total. The molecule has 0 unspecified atom stereocenters. The Balaban J connectivity index is 1.97. The van der Waals surface area contributed by atoms with Gasteiger partial charge in [0.05, 0.1) is 27.4 Å². The van der Waals surface area contributed by atoms with Crippen LogP contribution in [-0.4, -0.2) is 49.7 Å². The van der Waals surface area contributed by atoms with Crippen LogP contribution in [0.4, 0.5) is 13.2 Å². The van der Waals surface area contributed by atoms with Gasteiger partial charge in [0.2, 0.25) is 5.75 Å². The maximum atomic E-state index is 13.6. The van der Waals surface area contributed by atoms with E-state index in [1.54, 1.807) is 0 Å². The Kier molecular flexibility index (Phi) is 9.24. The lowest BCUT2D eigenvalue weighted by atomic mass is 10.0. The average Bonchev–Trinajstić information content (AvgIpc) is 3.12. The normalized spacial score (nSPS) is 16.0. The summed E-state index contributed by atoms with van der Waals surface area (Å²) in [5.74, 6) is 0.00496. The summed E-state index contributed by atoms with van der Waals surface area (Å²) in [5, 5.41) is 1.46. The maximum Gasteiger partial charge on any atom is 0.534 e. The summed E-state index contributed by atoms with van der Waals surface area (Å²) in [7, 11) is -5.09. The van der Waals surface area contributed by atoms with Gasteiger partial charge in [0.25, 0.3) is 8.32 Å². The summed E-state index contributed by atoms with van der Waals surface area (Å²) >= 11 is 0. The van der Waals surface area contributed by atoms with E-state index < -0.39 is 40.8 Å². The number of methoxy groups -OCH3 is 3. The zero-order valence-corrected chi connectivity index (χ0v) is 26.6. The van der Waals surface area contributed by atoms with E-state index in [9.17, 15) is 21.6 Å². The Morgan fingerprint density at radius 1 is 0.814 bits per heavy atom. The van der Waals surface area contributed by atoms with Crippen molar-refractivity contribution >= 4 is 34.6 Å². The van der Waals surface area contributed by atoms with Crippen LogP contribution in [0.2, 0.25) is 5.04 Å². The second kappa shape index (κ2) is 12.3. The van der Waals surface area contributed by atoms with Gasteiger partial charge in [-0.15, -0.1) is 0 Å². The monoisotopic (exact) mass is 636 g/mol. The molecule has 0 fully saturated rings. The van der Waals surface area contributed by atoms with Crippen molar-refractivity contribution in [1.29, 1.82) is 0 Å². The fourth-order valence-corrected chi connectivity index (χ4v) is 10.7. The molecule has 0 saturated heterocycles. The molecule has 0 spiro atoms. The molecule has 12 heteroatoms. The fraction of sp³-hybridized carbons (Fsp3) is 0.355. The van der Waals surface area contributed by atoms with Gasteiger partial charge in [0, 0.05) is 11.1 Å². The van der Waals surface area contributed by atoms with E-state index in [4.69, 9.17) is 22.8 Å². The molecular weight excluding hydrogens is 601 g/mol. The first-order valence-corrected chi connectivity index (χ1v) is 16.9. The van der Waals surface area contributed by atoms with E-state index >= 15 is 0 Å². The van der Waals surface area contributed by atoms with E-state index in [2.05, 4.69) is 20.8 Å². The third-order valence-electron chi connectivity index (χ3n) is 7.44. The second-order valence-electron chi connectivity index (χ2n) is 11.0. The second-order valence-corrected chi connectivity index (χ2v) is 16.8. The van der Waals surface area contributed by atoms with Gasteiger partial charge in [0.1, 0.15) is 5.76 Å². The number of hydrogen-bond donors (Lipinski definition) is 0. The Hall–Kier alpha value is -3.48. The van der Waals surface area contributed by atoms with Crippen LogP contribution in [0, 0.1) is 0 Å². The zero-order valence-electron chi connectivity index (χ0n) is 24.8. The van der Waals surface area contributed by atoms with Crippen molar-refractivity contribution in [3.8, 4) is 17.2 Å². The Labute approximate surface area is 251 Å². The lowest BCUT2D eigenvalue weighted by molar-refractivity contribution is -0.0509. The van der Waals surface area contributed by atoms with E-state index in [1.807, 2.05) is 60.7 Å². The van der Waals surface area contributed by atoms with Gasteiger partial charge >= 0.3 is 15.6 Å². The van der Waals surface area contributed by atoms with Crippen LogP contribution in [0.3, 0.4) is 0 Å². The largest absolute Gasteiger partial charge is 0.534 e. The molecule has 0 saturated carbocycles. The van der Waals surface area contributed by atoms with Gasteiger partial charge < -0.3 is 22.8 Å². The lowest BCUT2D eigenvalue weighted by Gasteiger charge is -2.44. The lowest BCUT2D eigenvalue weighted by Crippen LogP contribution is -2.67. The molecule has 3 aromatic carbocycles. The average molecular weight is 637 g/mol. The number of rotatable bonds is 9. The minimum absolute atomic E-state index is 0.0656. The molecule has 3 aromatic rings. The molecule has 0 aliphatic heterocycles. The Bertz CT molecular complexity index is 1530. The number of fused-ring (bicyclic) bond motifs is 1. The molecule has 7 nitrogen and oxygen atoms in total. The molecule has 0 aromatic heterocycles. The van der Waals surface area contributed by atoms with Crippen LogP contribution >= 0.6 is 0 Å². The van der Waals surface area contributed by atoms with E-state index in [1.165, 1.54) is 33.5 Å². The van der Waals surface area contributed by atoms with Gasteiger partial charge in [-0.3, -0.25) is 0 Å². The SMILES string of the molecule is COc1cc2c(c(OC)c1OC)CC[C@H](O[Si](c1ccccc1)(c1ccccc1)C(C)(C)C)C=C2OS(=O)(=O)C(F)(F)F. The van der Waals surface area contributed by atoms with Crippen molar-refractivity contribution in [3.63, 3.8) is 0 Å². The van der Waals surface area contributed by atoms with E-state index in [0.717, 1.165) is 10.4 Å². The highest BCUT2D eigenvalue weighted by atomic mass is 32.2. The summed E-state index contributed by atoms with van der Waals surface area (Å²) in [6.07, 6.45) is 0.998. The van der Waals surface area contributed by atoms with Crippen LogP contribution in [0.15, 0.2) is 72.8 Å². The first-order valence-electron chi connectivity index (χ1n) is 13.5. The van der Waals surface area contributed by atoms with Crippen molar-refractivity contribution in [2.24, 2.45) is 0 Å². The molecule has 1 aliphatic carbocycles. The van der Waals surface area contributed by atoms with Crippen LogP contribution in [0.5, 0.6) is 17.2 Å². The number of alkyl halides is 3. The quantitative estimate of drug-likeness (QED) is 0.167. The number of hydrogen-bond acceptors (Lipinski definition) is 7. The first kappa shape index (κ1) is 32.4. The van der Waals surface area contributed by atoms with E-state index in [0.29, 0.717) is 5.56 Å². The van der Waals surface area contributed by atoms with Crippen molar-refractivity contribution in [1.82, 2.24) is 0 Å². The highest BCUT2D eigenvalue weighted by molar-refractivity contribution is 7.87. The zero-order chi connectivity index (χ0) is 31.6. The summed E-state index contributed by atoms with van der Waals surface area (Å²) in [6, 6.07) is 20.8. The summed E-state index contributed by atoms with van der Waals surface area (Å²) in [4.78, 5) is 0. The summed E-state index contributed by atoms with van der Waals surface area (Å²) < 4.78 is 94.1. The fourth-order valence-electron chi connectivity index (χ4n) is 5.56. The maximum absolute atomic E-state index is 13.6. The van der Waals surface area contributed by atoms with E-state index in [-0.39, 0.29) is 35.7 Å². The van der Waals surface area contributed by atoms with Crippen molar-refractivity contribution in [3.05, 3.63) is 83.9 Å². The predicted molar refractivity (Wildman–Crippen MR) is 161 cm³/mol. The molecule has 0 bridgehead atoms. The van der Waals surface area contributed by atoms with Gasteiger partial charge in [-0.25, -0.2) is 0 Å². The Morgan fingerprint density at radius 2 is 1.35 bits per heavy atom. The van der Waals surface area contributed by atoms with Crippen molar-refractivity contribution < 1.29 is 44.4 Å². The van der Waals surface area contributed by atoms with Crippen LogP contribution in [0.1, 0.15) is 38.3 Å². The molecular formula is C31H35F3O7SSi. The smallest absolute Gasteiger partial charge is 0.493 e. The predicted octanol–water partition coefficient (Wildman–Crippen LogP) is 5.81. The molecule has 232 valence electrons. The third kappa shape index (κ3) is 6.13. The van der Waals surface area contributed by atoms with Gasteiger partial charge in [0.15, 0.2) is 11.5 Å². The third-order valence-corrected chi connectivity index (χ3v) is 13.5. The molecule has 1 aliphatic rings. The highest BCUT2D eigenvalue weighted by Crippen LogP contribution is 2.47. The summed E-state index contributed by atoms with van der Waals surface area (Å²) in [5.41, 5.74) is -5.19. The highest BCUT2D eigenvalue weighted by Gasteiger charge is 2.52. The molecule has 1 atom stereocenters. The molecule has 0 heterocycles. The molecule has 0 radical (unpaired) electrons. The van der Waals surface area contributed by atoms with Gasteiger partial charge in [-0.1, -0.05) is 81.4 Å². The standard InChI is InChI=1S/C31H35F3O7SSi/c1-30(2,3)43(22-13-9-7-10-14-22,23-15-11-8-12-16-23)41-21-17-18-24-25(20-27(37-4)29(39-6)28(24)38-5)26(19-21)40-42(35,36)31(32,33)34/h7-16,19-21H,17-18H2,1-6H3/t21-/m0/s1. The van der Waals surface area contributed by atoms with Gasteiger partial charge in [-0.2, -0.15) is 21.6 Å². The topological polar surface area (TPSA) is 80.3 Å². The van der Waals surface area contributed by atoms with Crippen molar-refractivity contribution in [2.75, 3.05) is 21.3 Å². The molecule has 4 rings (SSSR count). The van der Waals surface area contributed by atoms with Crippen molar-refractivity contribution in [2.45, 2.75) is 50.3 Å². The molecule has 43 heavy (non-hydrogen) atoms. The minimum Gasteiger partial charge on any atom is -0.493 e. The van der Waals surface area contributed by atoms with Crippen LogP contribution in [0.25, 0.3) is 5.76 Å². The minimum atomic E-state index is -6.04. The Morgan fingerprint density at radius 3 is 1.79 bits per heavy atom. The summed E-state index contributed by atoms with van der Waals surface area (Å²) in [6.45, 7) is 6.20. The number of ether oxygens (including phenoxy) is 3. The molecule has 0 amide bonds. The van der Waals surface area contributed by atoms with Crippen LogP contribution in [-0.2, 0) is 25.1 Å². The number of benzene rings is 3.